The first kappa shape index (κ1) is 19.7. The van der Waals surface area contributed by atoms with E-state index in [2.05, 4.69) is 46.7 Å². The van der Waals surface area contributed by atoms with Crippen molar-refractivity contribution in [2.45, 2.75) is 59.2 Å². The summed E-state index contributed by atoms with van der Waals surface area (Å²) in [6.45, 7) is 11.3. The Morgan fingerprint density at radius 1 is 1.28 bits per heavy atom. The molecule has 1 atom stereocenters. The van der Waals surface area contributed by atoms with Crippen molar-refractivity contribution in [1.82, 2.24) is 15.5 Å². The number of amides is 2. The van der Waals surface area contributed by atoms with Gasteiger partial charge in [0.25, 0.3) is 0 Å². The lowest BCUT2D eigenvalue weighted by molar-refractivity contribution is 0.0647. The van der Waals surface area contributed by atoms with Gasteiger partial charge in [-0.2, -0.15) is 0 Å². The van der Waals surface area contributed by atoms with Crippen LogP contribution >= 0.6 is 0 Å². The molecule has 25 heavy (non-hydrogen) atoms. The van der Waals surface area contributed by atoms with Crippen LogP contribution in [0.1, 0.15) is 44.7 Å². The fourth-order valence-corrected chi connectivity index (χ4v) is 3.00. The van der Waals surface area contributed by atoms with Crippen molar-refractivity contribution >= 4 is 6.03 Å². The fourth-order valence-electron chi connectivity index (χ4n) is 3.00. The summed E-state index contributed by atoms with van der Waals surface area (Å²) in [5, 5.41) is 15.8. The summed E-state index contributed by atoms with van der Waals surface area (Å²) < 4.78 is 0. The highest BCUT2D eigenvalue weighted by Crippen LogP contribution is 2.18. The molecule has 0 aliphatic carbocycles. The van der Waals surface area contributed by atoms with Crippen LogP contribution in [0.15, 0.2) is 24.3 Å². The summed E-state index contributed by atoms with van der Waals surface area (Å²) in [6, 6.07) is 8.53. The van der Waals surface area contributed by atoms with Gasteiger partial charge in [-0.05, 0) is 36.3 Å². The summed E-state index contributed by atoms with van der Waals surface area (Å²) in [5.74, 6) is 0. The molecule has 1 aliphatic heterocycles. The maximum atomic E-state index is 12.0. The van der Waals surface area contributed by atoms with Crippen LogP contribution in [-0.4, -0.2) is 47.8 Å². The number of rotatable bonds is 5. The van der Waals surface area contributed by atoms with E-state index in [1.807, 2.05) is 20.8 Å². The molecule has 0 aromatic heterocycles. The molecule has 0 saturated carbocycles. The highest BCUT2D eigenvalue weighted by Gasteiger charge is 2.24. The number of carbonyl (C=O) groups excluding carboxylic acids is 1. The first-order valence-corrected chi connectivity index (χ1v) is 9.25. The third-order valence-corrected chi connectivity index (χ3v) is 5.03. The second-order valence-electron chi connectivity index (χ2n) is 8.21. The first-order chi connectivity index (χ1) is 11.8. The van der Waals surface area contributed by atoms with Crippen molar-refractivity contribution < 1.29 is 9.90 Å². The SMILES string of the molecule is Cc1ccccc1CN1CCC(NC(=O)NCC(O)C(C)(C)C)CC1. The molecule has 1 fully saturated rings. The Morgan fingerprint density at radius 3 is 2.52 bits per heavy atom. The molecule has 1 aromatic rings. The molecule has 0 radical (unpaired) electrons. The molecule has 1 heterocycles. The predicted molar refractivity (Wildman–Crippen MR) is 101 cm³/mol. The van der Waals surface area contributed by atoms with Crippen LogP contribution in [0.25, 0.3) is 0 Å². The number of benzene rings is 1. The van der Waals surface area contributed by atoms with Gasteiger partial charge in [-0.15, -0.1) is 0 Å². The number of urea groups is 1. The number of hydrogen-bond donors (Lipinski definition) is 3. The largest absolute Gasteiger partial charge is 0.391 e. The van der Waals surface area contributed by atoms with Gasteiger partial charge in [-0.25, -0.2) is 4.79 Å². The minimum absolute atomic E-state index is 0.180. The molecule has 1 unspecified atom stereocenters. The van der Waals surface area contributed by atoms with E-state index in [1.54, 1.807) is 0 Å². The highest BCUT2D eigenvalue weighted by atomic mass is 16.3. The van der Waals surface area contributed by atoms with Crippen molar-refractivity contribution in [3.8, 4) is 0 Å². The Morgan fingerprint density at radius 2 is 1.92 bits per heavy atom. The number of piperidine rings is 1. The monoisotopic (exact) mass is 347 g/mol. The van der Waals surface area contributed by atoms with E-state index in [9.17, 15) is 9.90 Å². The first-order valence-electron chi connectivity index (χ1n) is 9.25. The average Bonchev–Trinajstić information content (AvgIpc) is 2.55. The number of nitrogens with zero attached hydrogens (tertiary/aromatic N) is 1. The van der Waals surface area contributed by atoms with Crippen LogP contribution in [0.5, 0.6) is 0 Å². The number of aryl methyl sites for hydroxylation is 1. The van der Waals surface area contributed by atoms with E-state index in [4.69, 9.17) is 0 Å². The van der Waals surface area contributed by atoms with Crippen molar-refractivity contribution in [3.63, 3.8) is 0 Å². The lowest BCUT2D eigenvalue weighted by Gasteiger charge is -2.33. The lowest BCUT2D eigenvalue weighted by Crippen LogP contribution is -2.49. The molecule has 1 aromatic carbocycles. The quantitative estimate of drug-likeness (QED) is 0.767. The number of carbonyl (C=O) groups is 1. The van der Waals surface area contributed by atoms with Crippen LogP contribution in [0, 0.1) is 12.3 Å². The topological polar surface area (TPSA) is 64.6 Å². The number of hydrogen-bond acceptors (Lipinski definition) is 3. The van der Waals surface area contributed by atoms with Gasteiger partial charge >= 0.3 is 6.03 Å². The lowest BCUT2D eigenvalue weighted by atomic mass is 9.89. The highest BCUT2D eigenvalue weighted by molar-refractivity contribution is 5.74. The molecule has 1 saturated heterocycles. The number of nitrogens with one attached hydrogen (secondary N) is 2. The summed E-state index contributed by atoms with van der Waals surface area (Å²) in [5.41, 5.74) is 2.48. The van der Waals surface area contributed by atoms with E-state index in [0.717, 1.165) is 32.5 Å². The summed E-state index contributed by atoms with van der Waals surface area (Å²) in [7, 11) is 0. The zero-order chi connectivity index (χ0) is 18.4. The van der Waals surface area contributed by atoms with E-state index < -0.39 is 6.10 Å². The Hall–Kier alpha value is -1.59. The van der Waals surface area contributed by atoms with E-state index in [0.29, 0.717) is 0 Å². The molecule has 5 nitrogen and oxygen atoms in total. The smallest absolute Gasteiger partial charge is 0.315 e. The van der Waals surface area contributed by atoms with E-state index in [-0.39, 0.29) is 24.0 Å². The van der Waals surface area contributed by atoms with Gasteiger partial charge in [-0.3, -0.25) is 4.90 Å². The molecule has 5 heteroatoms. The number of aliphatic hydroxyl groups excluding tert-OH is 1. The van der Waals surface area contributed by atoms with Gasteiger partial charge in [0, 0.05) is 32.2 Å². The minimum atomic E-state index is -0.547. The summed E-state index contributed by atoms with van der Waals surface area (Å²) >= 11 is 0. The minimum Gasteiger partial charge on any atom is -0.391 e. The second-order valence-corrected chi connectivity index (χ2v) is 8.21. The molecule has 140 valence electrons. The van der Waals surface area contributed by atoms with Gasteiger partial charge in [0.15, 0.2) is 0 Å². The van der Waals surface area contributed by atoms with Crippen molar-refractivity contribution in [3.05, 3.63) is 35.4 Å². The van der Waals surface area contributed by atoms with Crippen LogP contribution in [0.2, 0.25) is 0 Å². The Kier molecular flexibility index (Phi) is 6.85. The van der Waals surface area contributed by atoms with E-state index >= 15 is 0 Å². The standard InChI is InChI=1S/C20H33N3O2/c1-15-7-5-6-8-16(15)14-23-11-9-17(10-12-23)22-19(25)21-13-18(24)20(2,3)4/h5-8,17-18,24H,9-14H2,1-4H3,(H2,21,22,25). The summed E-state index contributed by atoms with van der Waals surface area (Å²) in [4.78, 5) is 14.5. The van der Waals surface area contributed by atoms with Crippen molar-refractivity contribution in [1.29, 1.82) is 0 Å². The van der Waals surface area contributed by atoms with Crippen LogP contribution in [0.3, 0.4) is 0 Å². The molecule has 0 bridgehead atoms. The summed E-state index contributed by atoms with van der Waals surface area (Å²) in [6.07, 6.45) is 1.37. The van der Waals surface area contributed by atoms with Gasteiger partial charge in [0.05, 0.1) is 6.10 Å². The Balaban J connectivity index is 1.70. The van der Waals surface area contributed by atoms with Gasteiger partial charge in [-0.1, -0.05) is 45.0 Å². The van der Waals surface area contributed by atoms with Gasteiger partial charge in [0.1, 0.15) is 0 Å². The fraction of sp³-hybridized carbons (Fsp3) is 0.650. The third kappa shape index (κ3) is 6.33. The van der Waals surface area contributed by atoms with Crippen LogP contribution < -0.4 is 10.6 Å². The molecule has 3 N–H and O–H groups in total. The van der Waals surface area contributed by atoms with Gasteiger partial charge in [0.2, 0.25) is 0 Å². The second kappa shape index (κ2) is 8.68. The maximum absolute atomic E-state index is 12.0. The number of aliphatic hydroxyl groups is 1. The zero-order valence-corrected chi connectivity index (χ0v) is 16.0. The maximum Gasteiger partial charge on any atom is 0.315 e. The van der Waals surface area contributed by atoms with Crippen molar-refractivity contribution in [2.24, 2.45) is 5.41 Å². The van der Waals surface area contributed by atoms with E-state index in [1.165, 1.54) is 11.1 Å². The number of likely N-dealkylation sites (tertiary alicyclic amines) is 1. The third-order valence-electron chi connectivity index (χ3n) is 5.03. The normalized spacial score (nSPS) is 18.0. The molecular weight excluding hydrogens is 314 g/mol. The van der Waals surface area contributed by atoms with Crippen LogP contribution in [0.4, 0.5) is 4.79 Å². The van der Waals surface area contributed by atoms with Crippen molar-refractivity contribution in [2.75, 3.05) is 19.6 Å². The molecule has 2 amide bonds. The van der Waals surface area contributed by atoms with Gasteiger partial charge < -0.3 is 15.7 Å². The Bertz CT molecular complexity index is 560. The predicted octanol–water partition coefficient (Wildman–Crippen LogP) is 2.67. The molecular formula is C20H33N3O2. The Labute approximate surface area is 151 Å². The average molecular weight is 348 g/mol. The zero-order valence-electron chi connectivity index (χ0n) is 16.0. The molecule has 2 rings (SSSR count). The van der Waals surface area contributed by atoms with Crippen LogP contribution in [-0.2, 0) is 6.54 Å². The molecule has 1 aliphatic rings. The molecule has 0 spiro atoms.